The lowest BCUT2D eigenvalue weighted by molar-refractivity contribution is 0.0734. The Morgan fingerprint density at radius 1 is 1.38 bits per heavy atom. The number of nitrogens with zero attached hydrogens (tertiary/aromatic N) is 1. The van der Waals surface area contributed by atoms with E-state index in [1.54, 1.807) is 0 Å². The molecule has 1 N–H and O–H groups in total. The molecule has 0 aromatic heterocycles. The summed E-state index contributed by atoms with van der Waals surface area (Å²) in [5.41, 5.74) is 3.52. The molecular weight excluding hydrogens is 260 g/mol. The Hall–Kier alpha value is -1.35. The fourth-order valence-electron chi connectivity index (χ4n) is 3.12. The number of carbonyl (C=O) groups excluding carboxylic acids is 1. The maximum Gasteiger partial charge on any atom is 0.254 e. The van der Waals surface area contributed by atoms with Crippen LogP contribution < -0.4 is 5.32 Å². The maximum absolute atomic E-state index is 13.0. The van der Waals surface area contributed by atoms with Gasteiger partial charge in [-0.15, -0.1) is 0 Å². The highest BCUT2D eigenvalue weighted by molar-refractivity contribution is 5.96. The van der Waals surface area contributed by atoms with Crippen molar-refractivity contribution in [2.75, 3.05) is 13.1 Å². The minimum absolute atomic E-state index is 0.261. The molecule has 1 aromatic rings. The van der Waals surface area contributed by atoms with Crippen molar-refractivity contribution in [1.29, 1.82) is 0 Å². The van der Waals surface area contributed by atoms with E-state index < -0.39 is 0 Å². The summed E-state index contributed by atoms with van der Waals surface area (Å²) in [5.74, 6) is 0.907. The molecule has 3 nitrogen and oxygen atoms in total. The SMILES string of the molecule is CC(C)CCN(C(=O)c1cccc2c1CCNC2)C1CC1. The standard InChI is InChI=1S/C18H26N2O/c1-13(2)9-11-20(15-6-7-15)18(21)17-5-3-4-14-12-19-10-8-16(14)17/h3-5,13,15,19H,6-12H2,1-2H3. The van der Waals surface area contributed by atoms with Crippen LogP contribution in [0.15, 0.2) is 18.2 Å². The van der Waals surface area contributed by atoms with Crippen LogP contribution >= 0.6 is 0 Å². The summed E-state index contributed by atoms with van der Waals surface area (Å²) in [7, 11) is 0. The monoisotopic (exact) mass is 286 g/mol. The maximum atomic E-state index is 13.0. The summed E-state index contributed by atoms with van der Waals surface area (Å²) in [6.45, 7) is 7.24. The lowest BCUT2D eigenvalue weighted by Crippen LogP contribution is -2.36. The highest BCUT2D eigenvalue weighted by Crippen LogP contribution is 2.30. The molecule has 0 bridgehead atoms. The van der Waals surface area contributed by atoms with E-state index in [9.17, 15) is 4.79 Å². The van der Waals surface area contributed by atoms with Crippen LogP contribution in [0.3, 0.4) is 0 Å². The number of carbonyl (C=O) groups is 1. The lowest BCUT2D eigenvalue weighted by Gasteiger charge is -2.26. The van der Waals surface area contributed by atoms with Crippen LogP contribution in [0.25, 0.3) is 0 Å². The van der Waals surface area contributed by atoms with E-state index >= 15 is 0 Å². The zero-order chi connectivity index (χ0) is 14.8. The summed E-state index contributed by atoms with van der Waals surface area (Å²) < 4.78 is 0. The Labute approximate surface area is 127 Å². The van der Waals surface area contributed by atoms with Crippen LogP contribution in [0.2, 0.25) is 0 Å². The van der Waals surface area contributed by atoms with Gasteiger partial charge in [0.2, 0.25) is 0 Å². The second-order valence-corrected chi connectivity index (χ2v) is 6.78. The van der Waals surface area contributed by atoms with Crippen molar-refractivity contribution in [3.8, 4) is 0 Å². The predicted molar refractivity (Wildman–Crippen MR) is 85.4 cm³/mol. The topological polar surface area (TPSA) is 32.3 Å². The molecule has 1 aliphatic carbocycles. The highest BCUT2D eigenvalue weighted by atomic mass is 16.2. The summed E-state index contributed by atoms with van der Waals surface area (Å²) in [6.07, 6.45) is 4.43. The van der Waals surface area contributed by atoms with Gasteiger partial charge in [-0.2, -0.15) is 0 Å². The summed E-state index contributed by atoms with van der Waals surface area (Å²) in [4.78, 5) is 15.2. The number of benzene rings is 1. The van der Waals surface area contributed by atoms with E-state index in [0.717, 1.165) is 38.0 Å². The molecule has 1 fully saturated rings. The number of amides is 1. The third-order valence-corrected chi connectivity index (χ3v) is 4.57. The lowest BCUT2D eigenvalue weighted by atomic mass is 9.94. The van der Waals surface area contributed by atoms with Gasteiger partial charge in [0.15, 0.2) is 0 Å². The largest absolute Gasteiger partial charge is 0.336 e. The average Bonchev–Trinajstić information content (AvgIpc) is 3.31. The number of hydrogen-bond acceptors (Lipinski definition) is 2. The van der Waals surface area contributed by atoms with E-state index in [-0.39, 0.29) is 5.91 Å². The van der Waals surface area contributed by atoms with Crippen molar-refractivity contribution in [3.63, 3.8) is 0 Å². The number of hydrogen-bond donors (Lipinski definition) is 1. The minimum atomic E-state index is 0.261. The second-order valence-electron chi connectivity index (χ2n) is 6.78. The van der Waals surface area contributed by atoms with Crippen LogP contribution in [0.5, 0.6) is 0 Å². The zero-order valence-corrected chi connectivity index (χ0v) is 13.2. The molecule has 0 atom stereocenters. The van der Waals surface area contributed by atoms with Crippen molar-refractivity contribution in [3.05, 3.63) is 34.9 Å². The van der Waals surface area contributed by atoms with Crippen molar-refractivity contribution in [2.24, 2.45) is 5.92 Å². The van der Waals surface area contributed by atoms with Gasteiger partial charge in [0.1, 0.15) is 0 Å². The molecule has 2 aliphatic rings. The first-order chi connectivity index (χ1) is 10.2. The van der Waals surface area contributed by atoms with Gasteiger partial charge in [0.25, 0.3) is 5.91 Å². The Morgan fingerprint density at radius 2 is 2.19 bits per heavy atom. The Bertz CT molecular complexity index is 520. The molecule has 1 aromatic carbocycles. The van der Waals surface area contributed by atoms with Gasteiger partial charge < -0.3 is 10.2 Å². The molecule has 3 heteroatoms. The van der Waals surface area contributed by atoms with Gasteiger partial charge in [-0.1, -0.05) is 26.0 Å². The molecule has 0 unspecified atom stereocenters. The van der Waals surface area contributed by atoms with Crippen LogP contribution in [0, 0.1) is 5.92 Å². The molecule has 1 saturated carbocycles. The molecular formula is C18H26N2O. The van der Waals surface area contributed by atoms with Crippen LogP contribution in [-0.2, 0) is 13.0 Å². The first-order valence-corrected chi connectivity index (χ1v) is 8.29. The summed E-state index contributed by atoms with van der Waals surface area (Å²) >= 11 is 0. The molecule has 0 saturated heterocycles. The summed E-state index contributed by atoms with van der Waals surface area (Å²) in [6, 6.07) is 6.70. The fraction of sp³-hybridized carbons (Fsp3) is 0.611. The van der Waals surface area contributed by atoms with Gasteiger partial charge in [-0.25, -0.2) is 0 Å². The molecule has 21 heavy (non-hydrogen) atoms. The summed E-state index contributed by atoms with van der Waals surface area (Å²) in [5, 5.41) is 3.39. The number of nitrogens with one attached hydrogen (secondary N) is 1. The van der Waals surface area contributed by atoms with E-state index in [1.807, 2.05) is 12.1 Å². The zero-order valence-electron chi connectivity index (χ0n) is 13.2. The Morgan fingerprint density at radius 3 is 2.90 bits per heavy atom. The van der Waals surface area contributed by atoms with Gasteiger partial charge in [-0.05, 0) is 55.3 Å². The number of rotatable bonds is 5. The van der Waals surface area contributed by atoms with Crippen LogP contribution in [-0.4, -0.2) is 29.9 Å². The molecule has 0 spiro atoms. The van der Waals surface area contributed by atoms with Gasteiger partial charge in [0, 0.05) is 24.7 Å². The van der Waals surface area contributed by atoms with E-state index in [4.69, 9.17) is 0 Å². The van der Waals surface area contributed by atoms with Crippen molar-refractivity contribution in [2.45, 2.75) is 52.1 Å². The molecule has 1 aliphatic heterocycles. The molecule has 1 heterocycles. The quantitative estimate of drug-likeness (QED) is 0.902. The van der Waals surface area contributed by atoms with Gasteiger partial charge in [0.05, 0.1) is 0 Å². The second kappa shape index (κ2) is 6.18. The number of fused-ring (bicyclic) bond motifs is 1. The van der Waals surface area contributed by atoms with E-state index in [1.165, 1.54) is 24.0 Å². The van der Waals surface area contributed by atoms with Gasteiger partial charge in [-0.3, -0.25) is 4.79 Å². The third kappa shape index (κ3) is 3.29. The van der Waals surface area contributed by atoms with E-state index in [2.05, 4.69) is 30.1 Å². The first kappa shape index (κ1) is 14.6. The van der Waals surface area contributed by atoms with Crippen molar-refractivity contribution < 1.29 is 4.79 Å². The predicted octanol–water partition coefficient (Wildman–Crippen LogP) is 2.98. The molecule has 1 amide bonds. The van der Waals surface area contributed by atoms with Crippen LogP contribution in [0.1, 0.15) is 54.6 Å². The smallest absolute Gasteiger partial charge is 0.254 e. The van der Waals surface area contributed by atoms with Gasteiger partial charge >= 0.3 is 0 Å². The van der Waals surface area contributed by atoms with Crippen molar-refractivity contribution >= 4 is 5.91 Å². The molecule has 114 valence electrons. The normalized spacial score (nSPS) is 17.7. The van der Waals surface area contributed by atoms with Crippen LogP contribution in [0.4, 0.5) is 0 Å². The fourth-order valence-corrected chi connectivity index (χ4v) is 3.12. The minimum Gasteiger partial charge on any atom is -0.336 e. The molecule has 0 radical (unpaired) electrons. The Balaban J connectivity index is 1.82. The molecule has 3 rings (SSSR count). The Kier molecular flexibility index (Phi) is 4.29. The highest BCUT2D eigenvalue weighted by Gasteiger charge is 2.33. The third-order valence-electron chi connectivity index (χ3n) is 4.57. The average molecular weight is 286 g/mol. The first-order valence-electron chi connectivity index (χ1n) is 8.29. The van der Waals surface area contributed by atoms with E-state index in [0.29, 0.717) is 12.0 Å². The van der Waals surface area contributed by atoms with Crippen molar-refractivity contribution in [1.82, 2.24) is 10.2 Å².